The smallest absolute Gasteiger partial charge is 0.221 e. The molecular formula is C16H21N3O4S. The Morgan fingerprint density at radius 2 is 2.00 bits per heavy atom. The van der Waals surface area contributed by atoms with Gasteiger partial charge in [-0.15, -0.1) is 0 Å². The molecule has 1 N–H and O–H groups in total. The number of benzene rings is 1. The van der Waals surface area contributed by atoms with E-state index < -0.39 is 9.84 Å². The predicted molar refractivity (Wildman–Crippen MR) is 88.0 cm³/mol. The van der Waals surface area contributed by atoms with Crippen molar-refractivity contribution in [3.05, 3.63) is 18.2 Å². The maximum atomic E-state index is 12.5. The first-order valence-electron chi connectivity index (χ1n) is 8.19. The second kappa shape index (κ2) is 6.88. The topological polar surface area (TPSA) is 102 Å². The number of nitrogens with zero attached hydrogens (tertiary/aromatic N) is 2. The van der Waals surface area contributed by atoms with Crippen molar-refractivity contribution in [3.8, 4) is 0 Å². The second-order valence-electron chi connectivity index (χ2n) is 6.48. The molecular weight excluding hydrogens is 330 g/mol. The summed E-state index contributed by atoms with van der Waals surface area (Å²) in [4.78, 5) is 12.1. The van der Waals surface area contributed by atoms with Gasteiger partial charge in [0.2, 0.25) is 5.91 Å². The molecule has 1 aromatic heterocycles. The molecule has 3 rings (SSSR count). The first-order valence-corrected chi connectivity index (χ1v) is 9.84. The lowest BCUT2D eigenvalue weighted by molar-refractivity contribution is -0.121. The van der Waals surface area contributed by atoms with Crippen molar-refractivity contribution in [1.29, 1.82) is 0 Å². The average Bonchev–Trinajstić information content (AvgIpc) is 3.03. The fraction of sp³-hybridized carbons (Fsp3) is 0.562. The van der Waals surface area contributed by atoms with Crippen LogP contribution in [-0.2, 0) is 14.6 Å². The van der Waals surface area contributed by atoms with Crippen LogP contribution in [0, 0.1) is 5.92 Å². The zero-order chi connectivity index (χ0) is 17.2. The summed E-state index contributed by atoms with van der Waals surface area (Å²) in [6, 6.07) is 4.84. The molecule has 1 saturated carbocycles. The molecule has 1 aliphatic rings. The first kappa shape index (κ1) is 16.9. The Hall–Kier alpha value is -1.96. The molecule has 8 heteroatoms. The van der Waals surface area contributed by atoms with Crippen molar-refractivity contribution in [1.82, 2.24) is 15.6 Å². The van der Waals surface area contributed by atoms with E-state index in [-0.39, 0.29) is 34.5 Å². The zero-order valence-electron chi connectivity index (χ0n) is 13.6. The Labute approximate surface area is 140 Å². The fourth-order valence-electron chi connectivity index (χ4n) is 3.07. The number of amides is 1. The molecule has 130 valence electrons. The number of carbonyl (C=O) groups is 1. The molecule has 1 aliphatic carbocycles. The van der Waals surface area contributed by atoms with Gasteiger partial charge in [0.05, 0.1) is 10.6 Å². The molecule has 0 saturated heterocycles. The van der Waals surface area contributed by atoms with Crippen LogP contribution in [-0.4, -0.2) is 36.4 Å². The summed E-state index contributed by atoms with van der Waals surface area (Å²) in [6.45, 7) is 2.21. The SMILES string of the molecule is CC1CCC(NC(=O)CCS(=O)(=O)c2cccc3nonc23)CC1. The Morgan fingerprint density at radius 1 is 1.25 bits per heavy atom. The monoisotopic (exact) mass is 351 g/mol. The summed E-state index contributed by atoms with van der Waals surface area (Å²) in [5.74, 6) is 0.229. The summed E-state index contributed by atoms with van der Waals surface area (Å²) in [5, 5.41) is 10.2. The molecule has 0 bridgehead atoms. The van der Waals surface area contributed by atoms with Gasteiger partial charge in [-0.25, -0.2) is 13.0 Å². The van der Waals surface area contributed by atoms with Crippen molar-refractivity contribution in [2.24, 2.45) is 5.92 Å². The van der Waals surface area contributed by atoms with E-state index in [1.165, 1.54) is 6.07 Å². The Bertz CT molecular complexity index is 823. The molecule has 0 atom stereocenters. The van der Waals surface area contributed by atoms with Crippen LogP contribution in [0.2, 0.25) is 0 Å². The van der Waals surface area contributed by atoms with E-state index in [1.807, 2.05) is 0 Å². The fourth-order valence-corrected chi connectivity index (χ4v) is 4.47. The molecule has 2 aromatic rings. The lowest BCUT2D eigenvalue weighted by Gasteiger charge is -2.26. The number of aromatic nitrogens is 2. The van der Waals surface area contributed by atoms with Gasteiger partial charge in [0.1, 0.15) is 5.52 Å². The van der Waals surface area contributed by atoms with Gasteiger partial charge in [-0.05, 0) is 54.0 Å². The van der Waals surface area contributed by atoms with E-state index in [1.54, 1.807) is 12.1 Å². The van der Waals surface area contributed by atoms with E-state index >= 15 is 0 Å². The van der Waals surface area contributed by atoms with E-state index in [4.69, 9.17) is 0 Å². The van der Waals surface area contributed by atoms with Gasteiger partial charge in [0.15, 0.2) is 15.4 Å². The van der Waals surface area contributed by atoms with E-state index in [0.717, 1.165) is 25.7 Å². The molecule has 1 amide bonds. The van der Waals surface area contributed by atoms with Crippen molar-refractivity contribution >= 4 is 26.8 Å². The summed E-state index contributed by atoms with van der Waals surface area (Å²) in [7, 11) is -3.62. The quantitative estimate of drug-likeness (QED) is 0.885. The first-order chi connectivity index (χ1) is 11.5. The highest BCUT2D eigenvalue weighted by Crippen LogP contribution is 2.24. The molecule has 1 heterocycles. The molecule has 0 radical (unpaired) electrons. The second-order valence-corrected chi connectivity index (χ2v) is 8.56. The minimum absolute atomic E-state index is 0.0561. The van der Waals surface area contributed by atoms with Gasteiger partial charge < -0.3 is 5.32 Å². The van der Waals surface area contributed by atoms with Crippen LogP contribution >= 0.6 is 0 Å². The molecule has 1 aromatic carbocycles. The van der Waals surface area contributed by atoms with Crippen LogP contribution in [0.25, 0.3) is 11.0 Å². The third-order valence-corrected chi connectivity index (χ3v) is 6.30. The third-order valence-electron chi connectivity index (χ3n) is 4.56. The molecule has 0 spiro atoms. The van der Waals surface area contributed by atoms with Gasteiger partial charge in [-0.1, -0.05) is 13.0 Å². The molecule has 0 aliphatic heterocycles. The summed E-state index contributed by atoms with van der Waals surface area (Å²) < 4.78 is 29.6. The van der Waals surface area contributed by atoms with Crippen molar-refractivity contribution in [2.45, 2.75) is 50.0 Å². The van der Waals surface area contributed by atoms with Gasteiger partial charge in [0, 0.05) is 12.5 Å². The summed E-state index contributed by atoms with van der Waals surface area (Å²) in [6.07, 6.45) is 4.07. The average molecular weight is 351 g/mol. The largest absolute Gasteiger partial charge is 0.353 e. The summed E-state index contributed by atoms with van der Waals surface area (Å²) in [5.41, 5.74) is 0.594. The van der Waals surface area contributed by atoms with Crippen molar-refractivity contribution < 1.29 is 17.8 Å². The van der Waals surface area contributed by atoms with Crippen LogP contribution in [0.4, 0.5) is 0 Å². The normalized spacial score (nSPS) is 21.7. The number of nitrogens with one attached hydrogen (secondary N) is 1. The molecule has 1 fully saturated rings. The molecule has 7 nitrogen and oxygen atoms in total. The predicted octanol–water partition coefficient (Wildman–Crippen LogP) is 2.08. The number of fused-ring (bicyclic) bond motifs is 1. The minimum Gasteiger partial charge on any atom is -0.353 e. The van der Waals surface area contributed by atoms with Crippen molar-refractivity contribution in [3.63, 3.8) is 0 Å². The van der Waals surface area contributed by atoms with Crippen LogP contribution in [0.15, 0.2) is 27.7 Å². The van der Waals surface area contributed by atoms with Crippen LogP contribution < -0.4 is 5.32 Å². The Morgan fingerprint density at radius 3 is 2.75 bits per heavy atom. The molecule has 24 heavy (non-hydrogen) atoms. The number of sulfone groups is 1. The standard InChI is InChI=1S/C16H21N3O4S/c1-11-5-7-12(8-6-11)17-15(20)9-10-24(21,22)14-4-2-3-13-16(14)19-23-18-13/h2-4,11-12H,5-10H2,1H3,(H,17,20). The lowest BCUT2D eigenvalue weighted by Crippen LogP contribution is -2.38. The Kier molecular flexibility index (Phi) is 4.84. The van der Waals surface area contributed by atoms with Crippen LogP contribution in [0.3, 0.4) is 0 Å². The number of rotatable bonds is 5. The maximum Gasteiger partial charge on any atom is 0.221 e. The zero-order valence-corrected chi connectivity index (χ0v) is 14.4. The van der Waals surface area contributed by atoms with Gasteiger partial charge >= 0.3 is 0 Å². The number of hydrogen-bond donors (Lipinski definition) is 1. The molecule has 0 unspecified atom stereocenters. The lowest BCUT2D eigenvalue weighted by atomic mass is 9.87. The van der Waals surface area contributed by atoms with Crippen LogP contribution in [0.1, 0.15) is 39.0 Å². The van der Waals surface area contributed by atoms with Gasteiger partial charge in [-0.3, -0.25) is 4.79 Å². The highest BCUT2D eigenvalue weighted by Gasteiger charge is 2.23. The highest BCUT2D eigenvalue weighted by molar-refractivity contribution is 7.91. The number of carbonyl (C=O) groups excluding carboxylic acids is 1. The van der Waals surface area contributed by atoms with E-state index in [9.17, 15) is 13.2 Å². The van der Waals surface area contributed by atoms with Crippen LogP contribution in [0.5, 0.6) is 0 Å². The van der Waals surface area contributed by atoms with Gasteiger partial charge in [-0.2, -0.15) is 0 Å². The third kappa shape index (κ3) is 3.75. The Balaban J connectivity index is 1.61. The van der Waals surface area contributed by atoms with Gasteiger partial charge in [0.25, 0.3) is 0 Å². The van der Waals surface area contributed by atoms with Crippen molar-refractivity contribution in [2.75, 3.05) is 5.75 Å². The highest BCUT2D eigenvalue weighted by atomic mass is 32.2. The maximum absolute atomic E-state index is 12.5. The number of hydrogen-bond acceptors (Lipinski definition) is 6. The minimum atomic E-state index is -3.62. The van der Waals surface area contributed by atoms with E-state index in [0.29, 0.717) is 11.4 Å². The summed E-state index contributed by atoms with van der Waals surface area (Å²) >= 11 is 0. The van der Waals surface area contributed by atoms with E-state index in [2.05, 4.69) is 27.2 Å².